The van der Waals surface area contributed by atoms with E-state index in [0.717, 1.165) is 6.54 Å². The number of imidazole rings is 1. The van der Waals surface area contributed by atoms with Gasteiger partial charge >= 0.3 is 0 Å². The van der Waals surface area contributed by atoms with Gasteiger partial charge in [0.1, 0.15) is 0 Å². The average molecular weight is 241 g/mol. The summed E-state index contributed by atoms with van der Waals surface area (Å²) < 4.78 is 2.09. The molecule has 0 spiro atoms. The Hall–Kier alpha value is -1.77. The molecule has 1 N–H and O–H groups in total. The molecular weight excluding hydrogens is 222 g/mol. The number of hydrogen-bond donors (Lipinski definition) is 1. The van der Waals surface area contributed by atoms with Crippen molar-refractivity contribution in [1.29, 1.82) is 0 Å². The third kappa shape index (κ3) is 2.73. The van der Waals surface area contributed by atoms with Crippen LogP contribution in [0.4, 0.5) is 5.69 Å². The van der Waals surface area contributed by atoms with Gasteiger partial charge in [0, 0.05) is 30.7 Å². The Morgan fingerprint density at radius 2 is 2.17 bits per heavy atom. The zero-order chi connectivity index (χ0) is 12.2. The Balaban J connectivity index is 1.68. The van der Waals surface area contributed by atoms with E-state index in [1.165, 1.54) is 36.9 Å². The maximum atomic E-state index is 4.07. The second kappa shape index (κ2) is 5.25. The fourth-order valence-corrected chi connectivity index (χ4v) is 2.66. The molecule has 18 heavy (non-hydrogen) atoms. The molecule has 94 valence electrons. The summed E-state index contributed by atoms with van der Waals surface area (Å²) >= 11 is 0. The summed E-state index contributed by atoms with van der Waals surface area (Å²) in [5, 5.41) is 3.64. The van der Waals surface area contributed by atoms with Crippen LogP contribution >= 0.6 is 0 Å². The van der Waals surface area contributed by atoms with E-state index >= 15 is 0 Å². The van der Waals surface area contributed by atoms with Gasteiger partial charge in [0.15, 0.2) is 0 Å². The van der Waals surface area contributed by atoms with Crippen LogP contribution in [-0.2, 0) is 6.54 Å². The minimum Gasteiger partial charge on any atom is -0.382 e. The number of rotatable bonds is 4. The number of nitrogens with zero attached hydrogens (tertiary/aromatic N) is 2. The number of anilines is 1. The fraction of sp³-hybridized carbons (Fsp3) is 0.400. The van der Waals surface area contributed by atoms with Crippen LogP contribution in [0, 0.1) is 0 Å². The van der Waals surface area contributed by atoms with Crippen LogP contribution in [0.3, 0.4) is 0 Å². The van der Waals surface area contributed by atoms with Crippen molar-refractivity contribution >= 4 is 5.69 Å². The lowest BCUT2D eigenvalue weighted by Gasteiger charge is -2.14. The fourth-order valence-electron chi connectivity index (χ4n) is 2.66. The van der Waals surface area contributed by atoms with Crippen LogP contribution in [0.25, 0.3) is 0 Å². The second-order valence-corrected chi connectivity index (χ2v) is 5.06. The molecule has 0 aliphatic heterocycles. The highest BCUT2D eigenvalue weighted by Crippen LogP contribution is 2.22. The monoisotopic (exact) mass is 241 g/mol. The van der Waals surface area contributed by atoms with Crippen LogP contribution < -0.4 is 5.32 Å². The Morgan fingerprint density at radius 1 is 1.28 bits per heavy atom. The van der Waals surface area contributed by atoms with E-state index in [1.54, 1.807) is 0 Å². The Kier molecular flexibility index (Phi) is 3.31. The van der Waals surface area contributed by atoms with Crippen LogP contribution in [0.5, 0.6) is 0 Å². The predicted octanol–water partition coefficient (Wildman–Crippen LogP) is 3.29. The quantitative estimate of drug-likeness (QED) is 0.890. The van der Waals surface area contributed by atoms with Gasteiger partial charge in [0.25, 0.3) is 0 Å². The standard InChI is InChI=1S/C15H19N3/c1-2-6-14(5-1)17-15-7-3-4-13(10-15)11-18-9-8-16-12-18/h3-4,7-10,12,14,17H,1-2,5-6,11H2. The summed E-state index contributed by atoms with van der Waals surface area (Å²) in [7, 11) is 0. The molecule has 3 rings (SSSR count). The molecule has 0 bridgehead atoms. The first-order valence-corrected chi connectivity index (χ1v) is 6.71. The summed E-state index contributed by atoms with van der Waals surface area (Å²) in [5.74, 6) is 0. The van der Waals surface area contributed by atoms with Gasteiger partial charge in [-0.25, -0.2) is 4.98 Å². The first kappa shape index (κ1) is 11.3. The van der Waals surface area contributed by atoms with Crippen molar-refractivity contribution in [2.45, 2.75) is 38.3 Å². The lowest BCUT2D eigenvalue weighted by molar-refractivity contribution is 0.754. The van der Waals surface area contributed by atoms with Crippen molar-refractivity contribution < 1.29 is 0 Å². The Bertz CT molecular complexity index is 484. The molecule has 0 atom stereocenters. The zero-order valence-electron chi connectivity index (χ0n) is 10.5. The van der Waals surface area contributed by atoms with E-state index < -0.39 is 0 Å². The van der Waals surface area contributed by atoms with E-state index in [2.05, 4.69) is 39.1 Å². The summed E-state index contributed by atoms with van der Waals surface area (Å²) in [4.78, 5) is 4.07. The van der Waals surface area contributed by atoms with E-state index in [0.29, 0.717) is 6.04 Å². The van der Waals surface area contributed by atoms with Crippen molar-refractivity contribution in [3.8, 4) is 0 Å². The molecule has 1 aromatic carbocycles. The van der Waals surface area contributed by atoms with Crippen molar-refractivity contribution in [2.75, 3.05) is 5.32 Å². The van der Waals surface area contributed by atoms with E-state index in [1.807, 2.05) is 18.7 Å². The number of aromatic nitrogens is 2. The largest absolute Gasteiger partial charge is 0.382 e. The lowest BCUT2D eigenvalue weighted by atomic mass is 10.1. The molecule has 2 aromatic rings. The maximum Gasteiger partial charge on any atom is 0.0949 e. The molecule has 0 amide bonds. The first-order chi connectivity index (χ1) is 8.90. The second-order valence-electron chi connectivity index (χ2n) is 5.06. The third-order valence-electron chi connectivity index (χ3n) is 3.58. The number of benzene rings is 1. The molecule has 0 saturated heterocycles. The molecule has 0 unspecified atom stereocenters. The van der Waals surface area contributed by atoms with Gasteiger partial charge < -0.3 is 9.88 Å². The summed E-state index contributed by atoms with van der Waals surface area (Å²) in [6.07, 6.45) is 11.0. The summed E-state index contributed by atoms with van der Waals surface area (Å²) in [6, 6.07) is 9.38. The van der Waals surface area contributed by atoms with Gasteiger partial charge in [0.2, 0.25) is 0 Å². The Labute approximate surface area is 108 Å². The van der Waals surface area contributed by atoms with Gasteiger partial charge in [-0.3, -0.25) is 0 Å². The van der Waals surface area contributed by atoms with Crippen molar-refractivity contribution in [3.63, 3.8) is 0 Å². The first-order valence-electron chi connectivity index (χ1n) is 6.71. The highest BCUT2D eigenvalue weighted by atomic mass is 15.0. The normalized spacial score (nSPS) is 16.0. The summed E-state index contributed by atoms with van der Waals surface area (Å²) in [5.41, 5.74) is 2.57. The molecule has 1 heterocycles. The van der Waals surface area contributed by atoms with E-state index in [-0.39, 0.29) is 0 Å². The van der Waals surface area contributed by atoms with Gasteiger partial charge in [-0.05, 0) is 30.5 Å². The molecular formula is C15H19N3. The van der Waals surface area contributed by atoms with Crippen molar-refractivity contribution in [1.82, 2.24) is 9.55 Å². The molecule has 0 radical (unpaired) electrons. The number of hydrogen-bond acceptors (Lipinski definition) is 2. The highest BCUT2D eigenvalue weighted by Gasteiger charge is 2.14. The molecule has 1 fully saturated rings. The molecule has 1 aliphatic carbocycles. The predicted molar refractivity (Wildman–Crippen MR) is 73.6 cm³/mol. The topological polar surface area (TPSA) is 29.9 Å². The average Bonchev–Trinajstić information content (AvgIpc) is 3.03. The summed E-state index contributed by atoms with van der Waals surface area (Å²) in [6.45, 7) is 0.889. The van der Waals surface area contributed by atoms with Gasteiger partial charge in [0.05, 0.1) is 6.33 Å². The van der Waals surface area contributed by atoms with Crippen LogP contribution in [0.15, 0.2) is 43.0 Å². The van der Waals surface area contributed by atoms with Crippen LogP contribution in [-0.4, -0.2) is 15.6 Å². The van der Waals surface area contributed by atoms with Crippen molar-refractivity contribution in [2.24, 2.45) is 0 Å². The third-order valence-corrected chi connectivity index (χ3v) is 3.58. The van der Waals surface area contributed by atoms with Crippen molar-refractivity contribution in [3.05, 3.63) is 48.5 Å². The molecule has 1 aromatic heterocycles. The van der Waals surface area contributed by atoms with Gasteiger partial charge in [-0.1, -0.05) is 25.0 Å². The van der Waals surface area contributed by atoms with E-state index in [9.17, 15) is 0 Å². The van der Waals surface area contributed by atoms with Gasteiger partial charge in [-0.15, -0.1) is 0 Å². The highest BCUT2D eigenvalue weighted by molar-refractivity contribution is 5.46. The lowest BCUT2D eigenvalue weighted by Crippen LogP contribution is -2.14. The molecule has 3 heteroatoms. The Morgan fingerprint density at radius 3 is 2.94 bits per heavy atom. The molecule has 1 aliphatic rings. The molecule has 1 saturated carbocycles. The van der Waals surface area contributed by atoms with E-state index in [4.69, 9.17) is 0 Å². The maximum absolute atomic E-state index is 4.07. The van der Waals surface area contributed by atoms with Gasteiger partial charge in [-0.2, -0.15) is 0 Å². The van der Waals surface area contributed by atoms with Crippen LogP contribution in [0.1, 0.15) is 31.2 Å². The van der Waals surface area contributed by atoms with Crippen LogP contribution in [0.2, 0.25) is 0 Å². The molecule has 3 nitrogen and oxygen atoms in total. The number of nitrogens with one attached hydrogen (secondary N) is 1. The smallest absolute Gasteiger partial charge is 0.0949 e. The SMILES string of the molecule is c1cc(Cn2ccnc2)cc(NC2CCCC2)c1. The minimum atomic E-state index is 0.675. The minimum absolute atomic E-state index is 0.675. The zero-order valence-corrected chi connectivity index (χ0v) is 10.5.